The number of amides is 2. The van der Waals surface area contributed by atoms with Crippen LogP contribution in [-0.4, -0.2) is 43.8 Å². The van der Waals surface area contributed by atoms with Gasteiger partial charge in [0.25, 0.3) is 10.0 Å². The monoisotopic (exact) mass is 653 g/mol. The highest BCUT2D eigenvalue weighted by Crippen LogP contribution is 2.27. The summed E-state index contributed by atoms with van der Waals surface area (Å²) in [5, 5.41) is 3.57. The van der Waals surface area contributed by atoms with Gasteiger partial charge in [-0.2, -0.15) is 0 Å². The van der Waals surface area contributed by atoms with E-state index in [0.29, 0.717) is 21.3 Å². The fourth-order valence-corrected chi connectivity index (χ4v) is 5.94. The van der Waals surface area contributed by atoms with Gasteiger partial charge in [0.1, 0.15) is 12.6 Å². The van der Waals surface area contributed by atoms with Crippen molar-refractivity contribution < 1.29 is 18.0 Å². The van der Waals surface area contributed by atoms with E-state index in [2.05, 4.69) is 21.2 Å². The average Bonchev–Trinajstić information content (AvgIpc) is 2.86. The van der Waals surface area contributed by atoms with Gasteiger partial charge in [-0.15, -0.1) is 0 Å². The summed E-state index contributed by atoms with van der Waals surface area (Å²) in [5.41, 5.74) is 1.77. The van der Waals surface area contributed by atoms with Crippen LogP contribution in [0.5, 0.6) is 0 Å². The van der Waals surface area contributed by atoms with Crippen LogP contribution >= 0.6 is 39.1 Å². The molecule has 3 aromatic rings. The molecule has 0 aliphatic carbocycles. The molecule has 0 saturated heterocycles. The van der Waals surface area contributed by atoms with Crippen molar-refractivity contribution in [1.82, 2.24) is 10.2 Å². The number of nitrogens with one attached hydrogen (secondary N) is 1. The van der Waals surface area contributed by atoms with Crippen LogP contribution in [0.2, 0.25) is 10.0 Å². The first-order chi connectivity index (χ1) is 18.3. The lowest BCUT2D eigenvalue weighted by atomic mass is 10.1. The molecular weight excluding hydrogens is 625 g/mol. The van der Waals surface area contributed by atoms with Crippen LogP contribution in [0.15, 0.2) is 76.1 Å². The average molecular weight is 655 g/mol. The normalized spacial score (nSPS) is 12.2. The summed E-state index contributed by atoms with van der Waals surface area (Å²) < 4.78 is 29.4. The largest absolute Gasteiger partial charge is 0.352 e. The fraction of sp³-hybridized carbons (Fsp3) is 0.286. The summed E-state index contributed by atoms with van der Waals surface area (Å²) in [4.78, 5) is 28.2. The van der Waals surface area contributed by atoms with Crippen molar-refractivity contribution in [1.29, 1.82) is 0 Å². The molecule has 0 aromatic heterocycles. The highest BCUT2D eigenvalue weighted by Gasteiger charge is 2.33. The third kappa shape index (κ3) is 7.97. The van der Waals surface area contributed by atoms with E-state index in [-0.39, 0.29) is 23.4 Å². The van der Waals surface area contributed by atoms with Gasteiger partial charge in [0.2, 0.25) is 11.8 Å². The zero-order chi connectivity index (χ0) is 28.9. The second-order valence-corrected chi connectivity index (χ2v) is 13.0. The number of rotatable bonds is 10. The number of hydrogen-bond donors (Lipinski definition) is 1. The number of benzene rings is 3. The number of hydrogen-bond acceptors (Lipinski definition) is 4. The smallest absolute Gasteiger partial charge is 0.264 e. The number of nitrogens with zero attached hydrogens (tertiary/aromatic N) is 2. The summed E-state index contributed by atoms with van der Waals surface area (Å²) in [6.07, 6.45) is 0. The van der Waals surface area contributed by atoms with E-state index < -0.39 is 28.5 Å². The van der Waals surface area contributed by atoms with Crippen molar-refractivity contribution in [3.8, 4) is 0 Å². The van der Waals surface area contributed by atoms with Crippen LogP contribution in [0, 0.1) is 6.92 Å². The van der Waals surface area contributed by atoms with E-state index in [0.717, 1.165) is 14.3 Å². The Morgan fingerprint density at radius 2 is 1.56 bits per heavy atom. The maximum atomic E-state index is 13.9. The Hall–Kier alpha value is -2.59. The van der Waals surface area contributed by atoms with Crippen LogP contribution in [0.25, 0.3) is 0 Å². The van der Waals surface area contributed by atoms with Gasteiger partial charge in [0.15, 0.2) is 0 Å². The zero-order valence-corrected chi connectivity index (χ0v) is 25.9. The summed E-state index contributed by atoms with van der Waals surface area (Å²) in [7, 11) is -4.14. The van der Waals surface area contributed by atoms with E-state index >= 15 is 0 Å². The number of anilines is 1. The van der Waals surface area contributed by atoms with Crippen molar-refractivity contribution in [2.45, 2.75) is 51.2 Å². The molecule has 208 valence electrons. The lowest BCUT2D eigenvalue weighted by Gasteiger charge is -2.32. The Bertz CT molecular complexity index is 1430. The van der Waals surface area contributed by atoms with E-state index in [4.69, 9.17) is 23.2 Å². The molecule has 1 atom stereocenters. The van der Waals surface area contributed by atoms with Crippen LogP contribution in [0.3, 0.4) is 0 Å². The minimum absolute atomic E-state index is 0.0275. The molecule has 0 fully saturated rings. The predicted octanol–water partition coefficient (Wildman–Crippen LogP) is 6.20. The SMILES string of the molecule is Cc1ccc(S(=O)(=O)N(CC(=O)N(Cc2ccc(Cl)cc2Cl)C(C)C(=O)NC(C)C)c2ccc(Br)cc2)cc1. The Morgan fingerprint density at radius 1 is 0.949 bits per heavy atom. The molecule has 0 radical (unpaired) electrons. The van der Waals surface area contributed by atoms with E-state index in [1.54, 1.807) is 61.5 Å². The Balaban J connectivity index is 2.04. The zero-order valence-electron chi connectivity index (χ0n) is 22.0. The lowest BCUT2D eigenvalue weighted by Crippen LogP contribution is -2.52. The van der Waals surface area contributed by atoms with Crippen LogP contribution in [0.1, 0.15) is 31.9 Å². The topological polar surface area (TPSA) is 86.8 Å². The van der Waals surface area contributed by atoms with E-state index in [9.17, 15) is 18.0 Å². The third-order valence-electron chi connectivity index (χ3n) is 5.96. The minimum Gasteiger partial charge on any atom is -0.352 e. The second kappa shape index (κ2) is 13.2. The lowest BCUT2D eigenvalue weighted by molar-refractivity contribution is -0.139. The minimum atomic E-state index is -4.14. The first kappa shape index (κ1) is 30.9. The van der Waals surface area contributed by atoms with Gasteiger partial charge >= 0.3 is 0 Å². The molecule has 0 spiro atoms. The maximum absolute atomic E-state index is 13.9. The van der Waals surface area contributed by atoms with Crippen molar-refractivity contribution in [3.63, 3.8) is 0 Å². The molecule has 0 bridgehead atoms. The number of aryl methyl sites for hydroxylation is 1. The van der Waals surface area contributed by atoms with Crippen LogP contribution < -0.4 is 9.62 Å². The predicted molar refractivity (Wildman–Crippen MR) is 160 cm³/mol. The number of carbonyl (C=O) groups excluding carboxylic acids is 2. The quantitative estimate of drug-likeness (QED) is 0.282. The molecule has 7 nitrogen and oxygen atoms in total. The van der Waals surface area contributed by atoms with Crippen molar-refractivity contribution in [2.24, 2.45) is 0 Å². The molecule has 0 aliphatic heterocycles. The summed E-state index contributed by atoms with van der Waals surface area (Å²) in [6, 6.07) is 16.8. The summed E-state index contributed by atoms with van der Waals surface area (Å²) in [6.45, 7) is 6.52. The second-order valence-electron chi connectivity index (χ2n) is 9.40. The molecule has 3 rings (SSSR count). The first-order valence-corrected chi connectivity index (χ1v) is 15.2. The highest BCUT2D eigenvalue weighted by atomic mass is 79.9. The van der Waals surface area contributed by atoms with Gasteiger partial charge in [-0.3, -0.25) is 13.9 Å². The van der Waals surface area contributed by atoms with Crippen LogP contribution in [0.4, 0.5) is 5.69 Å². The molecular formula is C28H30BrCl2N3O4S. The van der Waals surface area contributed by atoms with E-state index in [1.165, 1.54) is 17.0 Å². The molecule has 11 heteroatoms. The molecule has 1 unspecified atom stereocenters. The summed E-state index contributed by atoms with van der Waals surface area (Å²) in [5.74, 6) is -0.953. The fourth-order valence-electron chi connectivity index (χ4n) is 3.79. The van der Waals surface area contributed by atoms with Gasteiger partial charge in [-0.05, 0) is 81.8 Å². The molecule has 39 heavy (non-hydrogen) atoms. The Kier molecular flexibility index (Phi) is 10.5. The van der Waals surface area contributed by atoms with Gasteiger partial charge in [-0.25, -0.2) is 8.42 Å². The molecule has 3 aromatic carbocycles. The first-order valence-electron chi connectivity index (χ1n) is 12.2. The number of sulfonamides is 1. The summed E-state index contributed by atoms with van der Waals surface area (Å²) >= 11 is 15.8. The number of halogens is 3. The molecule has 2 amide bonds. The van der Waals surface area contributed by atoms with Crippen LogP contribution in [-0.2, 0) is 26.2 Å². The molecule has 0 aliphatic rings. The molecule has 1 N–H and O–H groups in total. The molecule has 0 saturated carbocycles. The Morgan fingerprint density at radius 3 is 2.13 bits per heavy atom. The van der Waals surface area contributed by atoms with Gasteiger partial charge < -0.3 is 10.2 Å². The highest BCUT2D eigenvalue weighted by molar-refractivity contribution is 9.10. The van der Waals surface area contributed by atoms with Crippen molar-refractivity contribution >= 4 is 66.7 Å². The van der Waals surface area contributed by atoms with Gasteiger partial charge in [0.05, 0.1) is 10.6 Å². The van der Waals surface area contributed by atoms with Crippen molar-refractivity contribution in [3.05, 3.63) is 92.4 Å². The molecule has 0 heterocycles. The van der Waals surface area contributed by atoms with Crippen molar-refractivity contribution in [2.75, 3.05) is 10.8 Å². The standard InChI is InChI=1S/C28H30BrCl2N3O4S/c1-18(2)32-28(36)20(4)33(16-21-7-10-23(30)15-26(21)31)27(35)17-34(24-11-8-22(29)9-12-24)39(37,38)25-13-5-19(3)6-14-25/h5-15,18,20H,16-17H2,1-4H3,(H,32,36). The third-order valence-corrected chi connectivity index (χ3v) is 8.86. The Labute approximate surface area is 248 Å². The van der Waals surface area contributed by atoms with Gasteiger partial charge in [0, 0.05) is 27.1 Å². The van der Waals surface area contributed by atoms with Gasteiger partial charge in [-0.1, -0.05) is 62.9 Å². The maximum Gasteiger partial charge on any atom is 0.264 e. The van der Waals surface area contributed by atoms with E-state index in [1.807, 2.05) is 20.8 Å². The number of carbonyl (C=O) groups is 2.